The summed E-state index contributed by atoms with van der Waals surface area (Å²) < 4.78 is 0. The molecule has 9 nitrogen and oxygen atoms in total. The molecule has 0 aliphatic heterocycles. The molecule has 3 rings (SSSR count). The van der Waals surface area contributed by atoms with Crippen LogP contribution in [0.2, 0.25) is 0 Å². The van der Waals surface area contributed by atoms with Crippen molar-refractivity contribution in [2.45, 2.75) is 0 Å². The highest BCUT2D eigenvalue weighted by Gasteiger charge is 2.15. The molecule has 1 aromatic carbocycles. The lowest BCUT2D eigenvalue weighted by molar-refractivity contribution is 0.102. The van der Waals surface area contributed by atoms with Gasteiger partial charge in [0.05, 0.1) is 16.5 Å². The number of fused-ring (bicyclic) bond motifs is 1. The van der Waals surface area contributed by atoms with Crippen molar-refractivity contribution in [2.24, 2.45) is 0 Å². The average Bonchev–Trinajstić information content (AvgIpc) is 2.90. The highest BCUT2D eigenvalue weighted by Crippen LogP contribution is 2.19. The Morgan fingerprint density at radius 2 is 1.95 bits per heavy atom. The van der Waals surface area contributed by atoms with Crippen LogP contribution in [0.4, 0.5) is 10.8 Å². The van der Waals surface area contributed by atoms with Gasteiger partial charge in [-0.2, -0.15) is 0 Å². The van der Waals surface area contributed by atoms with Crippen LogP contribution in [-0.2, 0) is 0 Å². The van der Waals surface area contributed by atoms with Gasteiger partial charge < -0.3 is 11.1 Å². The molecule has 10 heteroatoms. The summed E-state index contributed by atoms with van der Waals surface area (Å²) in [5, 5.41) is 14.6. The van der Waals surface area contributed by atoms with Crippen molar-refractivity contribution < 1.29 is 4.79 Å². The van der Waals surface area contributed by atoms with Gasteiger partial charge in [0.25, 0.3) is 17.0 Å². The normalized spacial score (nSPS) is 10.7. The van der Waals surface area contributed by atoms with E-state index in [1.165, 1.54) is 12.1 Å². The van der Waals surface area contributed by atoms with Crippen LogP contribution in [0.25, 0.3) is 10.8 Å². The number of H-pyrrole nitrogens is 2. The quantitative estimate of drug-likeness (QED) is 0.520. The fraction of sp³-hybridized carbons (Fsp3) is 0. The number of nitrogens with two attached hydrogens (primary N) is 1. The van der Waals surface area contributed by atoms with Crippen molar-refractivity contribution >= 4 is 38.8 Å². The van der Waals surface area contributed by atoms with Gasteiger partial charge in [0.15, 0.2) is 0 Å². The van der Waals surface area contributed by atoms with Crippen LogP contribution < -0.4 is 22.2 Å². The molecule has 21 heavy (non-hydrogen) atoms. The Morgan fingerprint density at radius 1 is 1.19 bits per heavy atom. The molecular formula is C11H8N6O3S. The molecule has 0 radical (unpaired) electrons. The van der Waals surface area contributed by atoms with Crippen molar-refractivity contribution in [2.75, 3.05) is 11.1 Å². The molecule has 106 valence electrons. The number of hydrogen-bond acceptors (Lipinski definition) is 7. The number of hydrogen-bond donors (Lipinski definition) is 4. The summed E-state index contributed by atoms with van der Waals surface area (Å²) in [7, 11) is 0. The van der Waals surface area contributed by atoms with E-state index in [-0.39, 0.29) is 26.6 Å². The van der Waals surface area contributed by atoms with Gasteiger partial charge in [-0.25, -0.2) is 0 Å². The Bertz CT molecular complexity index is 956. The van der Waals surface area contributed by atoms with Crippen molar-refractivity contribution in [3.8, 4) is 0 Å². The molecule has 3 aromatic rings. The number of amides is 1. The Morgan fingerprint density at radius 3 is 2.67 bits per heavy atom. The second-order valence-corrected chi connectivity index (χ2v) is 5.05. The molecule has 5 N–H and O–H groups in total. The fourth-order valence-corrected chi connectivity index (χ4v) is 2.34. The third-order valence-electron chi connectivity index (χ3n) is 2.71. The number of aromatic nitrogens is 4. The number of benzene rings is 1. The zero-order chi connectivity index (χ0) is 15.0. The monoisotopic (exact) mass is 304 g/mol. The van der Waals surface area contributed by atoms with Crippen molar-refractivity contribution in [3.63, 3.8) is 0 Å². The molecular weight excluding hydrogens is 296 g/mol. The number of rotatable bonds is 2. The molecule has 0 aliphatic carbocycles. The Hall–Kier alpha value is -3.01. The Labute approximate surface area is 119 Å². The molecule has 0 spiro atoms. The second-order valence-electron chi connectivity index (χ2n) is 4.04. The van der Waals surface area contributed by atoms with Crippen LogP contribution in [0.15, 0.2) is 27.8 Å². The minimum Gasteiger partial charge on any atom is -0.374 e. The number of nitrogens with zero attached hydrogens (tertiary/aromatic N) is 2. The fourth-order valence-electron chi connectivity index (χ4n) is 1.84. The zero-order valence-corrected chi connectivity index (χ0v) is 11.2. The molecule has 0 aliphatic rings. The molecule has 0 bridgehead atoms. The predicted octanol–water partition coefficient (Wildman–Crippen LogP) is -0.0976. The lowest BCUT2D eigenvalue weighted by Crippen LogP contribution is -2.21. The lowest BCUT2D eigenvalue weighted by atomic mass is 10.1. The number of nitrogens with one attached hydrogen (secondary N) is 3. The Balaban J connectivity index is 2.09. The van der Waals surface area contributed by atoms with Crippen molar-refractivity contribution in [1.29, 1.82) is 0 Å². The minimum atomic E-state index is -0.559. The standard InChI is InChI=1S/C11H8N6O3S/c12-11-17-16-10(21-11)9(20)13-5-3-1-2-4-6(5)8(19)15-14-7(4)18/h1-3H,(H2,12,17)(H,13,20)(H,14,18)(H,15,19). The van der Waals surface area contributed by atoms with E-state index in [0.29, 0.717) is 0 Å². The Kier molecular flexibility index (Phi) is 2.99. The first-order chi connectivity index (χ1) is 10.1. The van der Waals surface area contributed by atoms with Crippen LogP contribution >= 0.6 is 11.3 Å². The predicted molar refractivity (Wildman–Crippen MR) is 77.5 cm³/mol. The highest BCUT2D eigenvalue weighted by molar-refractivity contribution is 7.17. The molecule has 2 aromatic heterocycles. The van der Waals surface area contributed by atoms with Crippen LogP contribution in [0.5, 0.6) is 0 Å². The lowest BCUT2D eigenvalue weighted by Gasteiger charge is -2.05. The first-order valence-electron chi connectivity index (χ1n) is 5.70. The summed E-state index contributed by atoms with van der Waals surface area (Å²) in [4.78, 5) is 35.5. The second kappa shape index (κ2) is 4.83. The van der Waals surface area contributed by atoms with E-state index in [0.717, 1.165) is 11.3 Å². The van der Waals surface area contributed by atoms with Gasteiger partial charge in [-0.05, 0) is 12.1 Å². The molecule has 0 saturated heterocycles. The molecule has 0 atom stereocenters. The van der Waals surface area contributed by atoms with E-state index in [2.05, 4.69) is 25.7 Å². The third-order valence-corrected chi connectivity index (χ3v) is 3.46. The maximum absolute atomic E-state index is 12.0. The van der Waals surface area contributed by atoms with E-state index < -0.39 is 17.0 Å². The van der Waals surface area contributed by atoms with Gasteiger partial charge in [0.1, 0.15) is 0 Å². The summed E-state index contributed by atoms with van der Waals surface area (Å²) in [5.41, 5.74) is 4.64. The maximum atomic E-state index is 12.0. The van der Waals surface area contributed by atoms with Gasteiger partial charge >= 0.3 is 0 Å². The summed E-state index contributed by atoms with van der Waals surface area (Å²) in [6.45, 7) is 0. The van der Waals surface area contributed by atoms with Gasteiger partial charge in [-0.3, -0.25) is 24.6 Å². The first-order valence-corrected chi connectivity index (χ1v) is 6.52. The third kappa shape index (κ3) is 2.27. The van der Waals surface area contributed by atoms with E-state index in [9.17, 15) is 14.4 Å². The van der Waals surface area contributed by atoms with Gasteiger partial charge in [-0.1, -0.05) is 17.4 Å². The zero-order valence-electron chi connectivity index (χ0n) is 10.3. The molecule has 2 heterocycles. The van der Waals surface area contributed by atoms with E-state index in [4.69, 9.17) is 5.73 Å². The van der Waals surface area contributed by atoms with Crippen LogP contribution in [0.1, 0.15) is 9.80 Å². The van der Waals surface area contributed by atoms with Crippen LogP contribution in [0.3, 0.4) is 0 Å². The van der Waals surface area contributed by atoms with Crippen molar-refractivity contribution in [1.82, 2.24) is 20.4 Å². The molecule has 0 unspecified atom stereocenters. The summed E-state index contributed by atoms with van der Waals surface area (Å²) >= 11 is 0.918. The van der Waals surface area contributed by atoms with Crippen LogP contribution in [0, 0.1) is 0 Å². The smallest absolute Gasteiger partial charge is 0.286 e. The van der Waals surface area contributed by atoms with E-state index in [1.54, 1.807) is 6.07 Å². The number of carbonyl (C=O) groups excluding carboxylic acids is 1. The summed E-state index contributed by atoms with van der Waals surface area (Å²) in [5.74, 6) is -0.559. The van der Waals surface area contributed by atoms with Crippen molar-refractivity contribution in [3.05, 3.63) is 43.9 Å². The molecule has 0 saturated carbocycles. The topological polar surface area (TPSA) is 147 Å². The van der Waals surface area contributed by atoms with Crippen LogP contribution in [-0.4, -0.2) is 26.3 Å². The number of nitrogen functional groups attached to an aromatic ring is 1. The number of carbonyl (C=O) groups is 1. The summed E-state index contributed by atoms with van der Waals surface area (Å²) in [6.07, 6.45) is 0. The highest BCUT2D eigenvalue weighted by atomic mass is 32.1. The van der Waals surface area contributed by atoms with Gasteiger partial charge in [0.2, 0.25) is 10.1 Å². The van der Waals surface area contributed by atoms with Gasteiger partial charge in [-0.15, -0.1) is 10.2 Å². The average molecular weight is 304 g/mol. The molecule has 1 amide bonds. The SMILES string of the molecule is Nc1nnc(C(=O)Nc2cccc3c(=O)[nH][nH]c(=O)c23)s1. The maximum Gasteiger partial charge on any atom is 0.286 e. The van der Waals surface area contributed by atoms with Gasteiger partial charge in [0, 0.05) is 0 Å². The molecule has 0 fully saturated rings. The first kappa shape index (κ1) is 13.0. The van der Waals surface area contributed by atoms with E-state index in [1.807, 2.05) is 0 Å². The minimum absolute atomic E-state index is 0.0609. The number of anilines is 2. The largest absolute Gasteiger partial charge is 0.374 e. The number of aromatic amines is 2. The summed E-state index contributed by atoms with van der Waals surface area (Å²) in [6, 6.07) is 4.56. The van der Waals surface area contributed by atoms with E-state index >= 15 is 0 Å².